The predicted molar refractivity (Wildman–Crippen MR) is 99.1 cm³/mol. The van der Waals surface area contributed by atoms with Crippen molar-refractivity contribution in [3.63, 3.8) is 0 Å². The Kier molecular flexibility index (Phi) is 7.68. The Hall–Kier alpha value is -1.03. The zero-order valence-electron chi connectivity index (χ0n) is 15.4. The summed E-state index contributed by atoms with van der Waals surface area (Å²) in [4.78, 5) is 40.6. The second-order valence-electron chi connectivity index (χ2n) is 6.21. The Bertz CT molecular complexity index is 925. The van der Waals surface area contributed by atoms with E-state index in [0.29, 0.717) is 0 Å². The maximum absolute atomic E-state index is 14.8. The molecule has 2 heterocycles. The highest BCUT2D eigenvalue weighted by molar-refractivity contribution is 7.66. The topological polar surface area (TPSA) is 257 Å². The number of halogens is 1. The first-order valence-electron chi connectivity index (χ1n) is 7.99. The molecule has 0 aromatic heterocycles. The number of amidine groups is 1. The molecule has 178 valence electrons. The highest BCUT2D eigenvalue weighted by Gasteiger charge is 2.57. The van der Waals surface area contributed by atoms with E-state index in [9.17, 15) is 28.1 Å². The third kappa shape index (κ3) is 6.49. The lowest BCUT2D eigenvalue weighted by atomic mass is 9.97. The van der Waals surface area contributed by atoms with Crippen molar-refractivity contribution in [3.05, 3.63) is 24.7 Å². The molecule has 0 radical (unpaired) electrons. The fraction of sp³-hybridized carbons (Fsp3) is 0.545. The maximum atomic E-state index is 14.8. The van der Waals surface area contributed by atoms with Crippen LogP contribution >= 0.6 is 23.5 Å². The first-order chi connectivity index (χ1) is 14.0. The van der Waals surface area contributed by atoms with Crippen LogP contribution in [-0.4, -0.2) is 72.7 Å². The van der Waals surface area contributed by atoms with Crippen LogP contribution in [0.5, 0.6) is 0 Å². The molecular weight excluding hydrogens is 492 g/mol. The number of aliphatic hydroxyl groups is 1. The van der Waals surface area contributed by atoms with Crippen LogP contribution in [0.2, 0.25) is 0 Å². The first kappa shape index (κ1) is 26.2. The standard InChI is InChI=1S/C11H20FN4O12P3/c1-6-15-7(14)2-3-16(6)10-8(12)9(17)11(4-13,26-10)5-25-30(21,22)28-31(23,24)27-29(18,19)20/h2-3,8-10,17H,1,4-5,13H2,(H2,14,15)(H,21,22)(H,23,24)(H2,18,19,20)/t8-,9+,10-,11-/m1/s1. The third-order valence-electron chi connectivity index (χ3n) is 3.94. The molecule has 0 aromatic rings. The van der Waals surface area contributed by atoms with E-state index in [4.69, 9.17) is 30.9 Å². The molecule has 1 fully saturated rings. The molecule has 0 saturated carbocycles. The molecule has 0 bridgehead atoms. The van der Waals surface area contributed by atoms with Crippen molar-refractivity contribution in [3.8, 4) is 0 Å². The molecule has 0 spiro atoms. The van der Waals surface area contributed by atoms with Crippen molar-refractivity contribution in [2.75, 3.05) is 13.2 Å². The second-order valence-corrected chi connectivity index (χ2v) is 10.6. The van der Waals surface area contributed by atoms with E-state index in [1.54, 1.807) is 0 Å². The Morgan fingerprint density at radius 1 is 1.26 bits per heavy atom. The number of rotatable bonds is 9. The van der Waals surface area contributed by atoms with Crippen molar-refractivity contribution >= 4 is 29.3 Å². The summed E-state index contributed by atoms with van der Waals surface area (Å²) in [6.07, 6.45) is -3.22. The van der Waals surface area contributed by atoms with Crippen LogP contribution in [0.1, 0.15) is 0 Å². The van der Waals surface area contributed by atoms with Crippen LogP contribution in [0, 0.1) is 0 Å². The SMILES string of the molecule is C=C1N=C(N)C=CN1[C@@H]1O[C@](CN)(COP(=O)(O)OP(=O)(O)OP(=O)(O)O)[C@@H](O)[C@H]1F. The Balaban J connectivity index is 2.14. The molecule has 2 unspecified atom stereocenters. The van der Waals surface area contributed by atoms with Crippen LogP contribution in [-0.2, 0) is 31.6 Å². The van der Waals surface area contributed by atoms with Gasteiger partial charge in [-0.3, -0.25) is 4.52 Å². The van der Waals surface area contributed by atoms with Gasteiger partial charge in [0.15, 0.2) is 12.4 Å². The van der Waals surface area contributed by atoms with Gasteiger partial charge < -0.3 is 45.8 Å². The summed E-state index contributed by atoms with van der Waals surface area (Å²) >= 11 is 0. The Morgan fingerprint density at radius 3 is 2.39 bits per heavy atom. The van der Waals surface area contributed by atoms with Gasteiger partial charge in [-0.2, -0.15) is 8.62 Å². The van der Waals surface area contributed by atoms with Crippen LogP contribution in [0.3, 0.4) is 0 Å². The van der Waals surface area contributed by atoms with Crippen LogP contribution in [0.4, 0.5) is 4.39 Å². The van der Waals surface area contributed by atoms with E-state index in [1.807, 2.05) is 0 Å². The van der Waals surface area contributed by atoms with E-state index < -0.39 is 60.7 Å². The minimum Gasteiger partial charge on any atom is -0.387 e. The zero-order chi connectivity index (χ0) is 23.8. The minimum atomic E-state index is -5.77. The average Bonchev–Trinajstić information content (AvgIpc) is 2.82. The lowest BCUT2D eigenvalue weighted by molar-refractivity contribution is -0.126. The van der Waals surface area contributed by atoms with Gasteiger partial charge in [-0.25, -0.2) is 23.1 Å². The second kappa shape index (κ2) is 9.08. The van der Waals surface area contributed by atoms with Crippen LogP contribution in [0.15, 0.2) is 29.7 Å². The lowest BCUT2D eigenvalue weighted by Crippen LogP contribution is -2.51. The monoisotopic (exact) mass is 512 g/mol. The molecule has 0 aliphatic carbocycles. The lowest BCUT2D eigenvalue weighted by Gasteiger charge is -2.33. The summed E-state index contributed by atoms with van der Waals surface area (Å²) in [6, 6.07) is 0. The van der Waals surface area contributed by atoms with E-state index >= 15 is 0 Å². The third-order valence-corrected chi connectivity index (χ3v) is 7.72. The van der Waals surface area contributed by atoms with Gasteiger partial charge in [-0.15, -0.1) is 0 Å². The Labute approximate surface area is 174 Å². The van der Waals surface area contributed by atoms with Gasteiger partial charge in [0.1, 0.15) is 23.4 Å². The summed E-state index contributed by atoms with van der Waals surface area (Å²) < 4.78 is 65.7. The van der Waals surface area contributed by atoms with Gasteiger partial charge in [0.2, 0.25) is 0 Å². The number of alkyl halides is 1. The molecule has 6 atom stereocenters. The summed E-state index contributed by atoms with van der Waals surface area (Å²) in [6.45, 7) is 1.73. The fourth-order valence-electron chi connectivity index (χ4n) is 2.59. The number of aliphatic hydroxyl groups excluding tert-OH is 1. The first-order valence-corrected chi connectivity index (χ1v) is 12.5. The summed E-state index contributed by atoms with van der Waals surface area (Å²) in [7, 11) is -16.9. The number of phosphoric acid groups is 3. The highest BCUT2D eigenvalue weighted by atomic mass is 31.3. The van der Waals surface area contributed by atoms with Crippen molar-refractivity contribution < 1.29 is 60.6 Å². The molecule has 9 N–H and O–H groups in total. The number of hydrogen-bond donors (Lipinski definition) is 7. The summed E-state index contributed by atoms with van der Waals surface area (Å²) in [5.41, 5.74) is 8.86. The minimum absolute atomic E-state index is 0.0550. The van der Waals surface area contributed by atoms with Crippen molar-refractivity contribution in [1.82, 2.24) is 4.90 Å². The van der Waals surface area contributed by atoms with E-state index in [2.05, 4.69) is 24.7 Å². The van der Waals surface area contributed by atoms with Gasteiger partial charge >= 0.3 is 23.5 Å². The number of nitrogens with two attached hydrogens (primary N) is 2. The normalized spacial score (nSPS) is 33.1. The summed E-state index contributed by atoms with van der Waals surface area (Å²) in [5.74, 6) is 0.00788. The maximum Gasteiger partial charge on any atom is 0.490 e. The quantitative estimate of drug-likeness (QED) is 0.178. The number of aliphatic imine (C=N–C) groups is 1. The van der Waals surface area contributed by atoms with Gasteiger partial charge in [0.25, 0.3) is 0 Å². The molecule has 16 nitrogen and oxygen atoms in total. The highest BCUT2D eigenvalue weighted by Crippen LogP contribution is 2.66. The molecule has 2 rings (SSSR count). The van der Waals surface area contributed by atoms with E-state index in [-0.39, 0.29) is 11.7 Å². The Morgan fingerprint density at radius 2 is 1.87 bits per heavy atom. The van der Waals surface area contributed by atoms with Gasteiger partial charge in [0, 0.05) is 12.7 Å². The molecule has 0 aromatic carbocycles. The number of phosphoric ester groups is 1. The predicted octanol–water partition coefficient (Wildman–Crippen LogP) is -1.26. The molecular formula is C11H20FN4O12P3. The van der Waals surface area contributed by atoms with Gasteiger partial charge in [-0.1, -0.05) is 6.58 Å². The number of nitrogens with zero attached hydrogens (tertiary/aromatic N) is 2. The van der Waals surface area contributed by atoms with E-state index in [1.165, 1.54) is 12.3 Å². The molecule has 2 aliphatic heterocycles. The fourth-order valence-corrected chi connectivity index (χ4v) is 5.67. The van der Waals surface area contributed by atoms with Crippen molar-refractivity contribution in [1.29, 1.82) is 0 Å². The molecule has 31 heavy (non-hydrogen) atoms. The smallest absolute Gasteiger partial charge is 0.387 e. The van der Waals surface area contributed by atoms with E-state index in [0.717, 1.165) is 4.90 Å². The van der Waals surface area contributed by atoms with Gasteiger partial charge in [0.05, 0.1) is 6.61 Å². The largest absolute Gasteiger partial charge is 0.490 e. The molecule has 1 saturated heterocycles. The summed E-state index contributed by atoms with van der Waals surface area (Å²) in [5, 5.41) is 10.3. The molecule has 2 aliphatic rings. The number of ether oxygens (including phenoxy) is 1. The van der Waals surface area contributed by atoms with Crippen LogP contribution in [0.25, 0.3) is 0 Å². The zero-order valence-corrected chi connectivity index (χ0v) is 18.1. The van der Waals surface area contributed by atoms with Gasteiger partial charge in [-0.05, 0) is 6.08 Å². The van der Waals surface area contributed by atoms with Crippen LogP contribution < -0.4 is 11.5 Å². The van der Waals surface area contributed by atoms with Crippen molar-refractivity contribution in [2.45, 2.75) is 24.1 Å². The van der Waals surface area contributed by atoms with Crippen molar-refractivity contribution in [2.24, 2.45) is 16.5 Å². The number of hydrogen-bond acceptors (Lipinski definition) is 12. The molecule has 0 amide bonds. The molecule has 20 heteroatoms. The average molecular weight is 512 g/mol.